The van der Waals surface area contributed by atoms with Gasteiger partial charge in [0.05, 0.1) is 22.2 Å². The Balaban J connectivity index is 2.36. The van der Waals surface area contributed by atoms with Gasteiger partial charge in [-0.3, -0.25) is 4.72 Å². The normalized spacial score (nSPS) is 11.3. The predicted octanol–water partition coefficient (Wildman–Crippen LogP) is 3.29. The number of hydrogen-bond acceptors (Lipinski definition) is 3. The summed E-state index contributed by atoms with van der Waals surface area (Å²) in [5.74, 6) is 0. The minimum absolute atomic E-state index is 0.000352. The third-order valence-corrected chi connectivity index (χ3v) is 4.67. The second-order valence-corrected chi connectivity index (χ2v) is 6.49. The van der Waals surface area contributed by atoms with Crippen LogP contribution in [0.1, 0.15) is 5.56 Å². The molecule has 0 bridgehead atoms. The highest BCUT2D eigenvalue weighted by molar-refractivity contribution is 7.92. The van der Waals surface area contributed by atoms with Crippen molar-refractivity contribution in [3.63, 3.8) is 0 Å². The number of hydrogen-bond donors (Lipinski definition) is 2. The fraction of sp³-hybridized carbons (Fsp3) is 0.0769. The Kier molecular flexibility index (Phi) is 4.55. The number of aliphatic hydroxyl groups excluding tert-OH is 1. The van der Waals surface area contributed by atoms with Gasteiger partial charge in [-0.15, -0.1) is 0 Å². The van der Waals surface area contributed by atoms with E-state index in [2.05, 4.69) is 4.72 Å². The first-order valence-corrected chi connectivity index (χ1v) is 7.84. The maximum absolute atomic E-state index is 12.2. The predicted molar refractivity (Wildman–Crippen MR) is 79.6 cm³/mol. The average Bonchev–Trinajstić information content (AvgIpc) is 2.41. The number of sulfonamides is 1. The number of benzene rings is 2. The molecule has 7 heteroatoms. The fourth-order valence-electron chi connectivity index (χ4n) is 1.57. The molecule has 2 rings (SSSR count). The third kappa shape index (κ3) is 3.24. The van der Waals surface area contributed by atoms with E-state index in [-0.39, 0.29) is 22.2 Å². The molecule has 20 heavy (non-hydrogen) atoms. The largest absolute Gasteiger partial charge is 0.392 e. The Morgan fingerprint density at radius 1 is 1.05 bits per heavy atom. The van der Waals surface area contributed by atoms with Crippen molar-refractivity contribution in [2.24, 2.45) is 0 Å². The van der Waals surface area contributed by atoms with Gasteiger partial charge in [-0.1, -0.05) is 41.4 Å². The molecular formula is C13H11Cl2NO3S. The molecular weight excluding hydrogens is 321 g/mol. The van der Waals surface area contributed by atoms with Crippen LogP contribution in [0.4, 0.5) is 5.69 Å². The Labute approximate surface area is 127 Å². The van der Waals surface area contributed by atoms with E-state index in [1.54, 1.807) is 24.3 Å². The smallest absolute Gasteiger partial charge is 0.261 e. The van der Waals surface area contributed by atoms with E-state index in [0.29, 0.717) is 10.6 Å². The van der Waals surface area contributed by atoms with Gasteiger partial charge in [0.1, 0.15) is 0 Å². The van der Waals surface area contributed by atoms with E-state index >= 15 is 0 Å². The average molecular weight is 332 g/mol. The van der Waals surface area contributed by atoms with Crippen molar-refractivity contribution < 1.29 is 13.5 Å². The van der Waals surface area contributed by atoms with Gasteiger partial charge >= 0.3 is 0 Å². The number of para-hydroxylation sites is 1. The van der Waals surface area contributed by atoms with Crippen molar-refractivity contribution in [1.82, 2.24) is 0 Å². The fourth-order valence-corrected chi connectivity index (χ4v) is 3.22. The molecule has 0 atom stereocenters. The van der Waals surface area contributed by atoms with E-state index in [4.69, 9.17) is 28.3 Å². The molecule has 0 aliphatic heterocycles. The van der Waals surface area contributed by atoms with Gasteiger partial charge in [0, 0.05) is 5.02 Å². The molecule has 0 heterocycles. The quantitative estimate of drug-likeness (QED) is 0.903. The first-order chi connectivity index (χ1) is 9.44. The Morgan fingerprint density at radius 3 is 2.35 bits per heavy atom. The first kappa shape index (κ1) is 15.1. The van der Waals surface area contributed by atoms with Gasteiger partial charge in [0.25, 0.3) is 10.0 Å². The molecule has 0 aliphatic rings. The summed E-state index contributed by atoms with van der Waals surface area (Å²) in [6.45, 7) is -0.253. The van der Waals surface area contributed by atoms with E-state index in [9.17, 15) is 8.42 Å². The number of aliphatic hydroxyl groups is 1. The van der Waals surface area contributed by atoms with Gasteiger partial charge in [-0.2, -0.15) is 0 Å². The SMILES string of the molecule is O=S(=O)(Nc1ccccc1Cl)c1ccc(CO)c(Cl)c1. The standard InChI is InChI=1S/C13H11Cl2NO3S/c14-11-3-1-2-4-13(11)16-20(18,19)10-6-5-9(8-17)12(15)7-10/h1-7,16-17H,8H2. The van der Waals surface area contributed by atoms with Gasteiger partial charge in [-0.25, -0.2) is 8.42 Å². The lowest BCUT2D eigenvalue weighted by Gasteiger charge is -2.10. The van der Waals surface area contributed by atoms with E-state index in [1.807, 2.05) is 0 Å². The molecule has 0 saturated heterocycles. The minimum Gasteiger partial charge on any atom is -0.392 e. The van der Waals surface area contributed by atoms with Crippen LogP contribution < -0.4 is 4.72 Å². The van der Waals surface area contributed by atoms with Gasteiger partial charge in [0.2, 0.25) is 0 Å². The summed E-state index contributed by atoms with van der Waals surface area (Å²) in [6.07, 6.45) is 0. The molecule has 0 aliphatic carbocycles. The third-order valence-electron chi connectivity index (χ3n) is 2.62. The van der Waals surface area contributed by atoms with E-state index < -0.39 is 10.0 Å². The molecule has 0 spiro atoms. The Morgan fingerprint density at radius 2 is 1.75 bits per heavy atom. The van der Waals surface area contributed by atoms with Crippen LogP contribution in [0, 0.1) is 0 Å². The lowest BCUT2D eigenvalue weighted by molar-refractivity contribution is 0.282. The van der Waals surface area contributed by atoms with Crippen LogP contribution in [-0.2, 0) is 16.6 Å². The number of nitrogens with one attached hydrogen (secondary N) is 1. The maximum Gasteiger partial charge on any atom is 0.261 e. The molecule has 4 nitrogen and oxygen atoms in total. The van der Waals surface area contributed by atoms with Crippen LogP contribution in [0.2, 0.25) is 10.0 Å². The van der Waals surface area contributed by atoms with Crippen LogP contribution in [0.5, 0.6) is 0 Å². The summed E-state index contributed by atoms with van der Waals surface area (Å²) >= 11 is 11.8. The van der Waals surface area contributed by atoms with Crippen molar-refractivity contribution in [2.75, 3.05) is 4.72 Å². The van der Waals surface area contributed by atoms with Gasteiger partial charge in [0.15, 0.2) is 0 Å². The molecule has 0 fully saturated rings. The molecule has 0 aromatic heterocycles. The topological polar surface area (TPSA) is 66.4 Å². The molecule has 106 valence electrons. The number of anilines is 1. The minimum atomic E-state index is -3.78. The second-order valence-electron chi connectivity index (χ2n) is 4.00. The Bertz CT molecular complexity index is 732. The van der Waals surface area contributed by atoms with Crippen molar-refractivity contribution >= 4 is 38.9 Å². The van der Waals surface area contributed by atoms with Gasteiger partial charge < -0.3 is 5.11 Å². The summed E-state index contributed by atoms with van der Waals surface area (Å²) < 4.78 is 26.8. The van der Waals surface area contributed by atoms with E-state index in [0.717, 1.165) is 0 Å². The van der Waals surface area contributed by atoms with Crippen molar-refractivity contribution in [3.8, 4) is 0 Å². The highest BCUT2D eigenvalue weighted by Crippen LogP contribution is 2.26. The van der Waals surface area contributed by atoms with Crippen molar-refractivity contribution in [1.29, 1.82) is 0 Å². The van der Waals surface area contributed by atoms with Crippen LogP contribution in [0.25, 0.3) is 0 Å². The van der Waals surface area contributed by atoms with Crippen LogP contribution in [0.3, 0.4) is 0 Å². The molecule has 2 aromatic carbocycles. The van der Waals surface area contributed by atoms with Crippen molar-refractivity contribution in [3.05, 3.63) is 58.1 Å². The van der Waals surface area contributed by atoms with Crippen LogP contribution in [0.15, 0.2) is 47.4 Å². The number of halogens is 2. The molecule has 2 aromatic rings. The lowest BCUT2D eigenvalue weighted by atomic mass is 10.2. The Hall–Kier alpha value is -1.27. The molecule has 0 amide bonds. The summed E-state index contributed by atoms with van der Waals surface area (Å²) in [5, 5.41) is 9.51. The zero-order valence-electron chi connectivity index (χ0n) is 10.2. The summed E-state index contributed by atoms with van der Waals surface area (Å²) in [6, 6.07) is 10.6. The van der Waals surface area contributed by atoms with Crippen LogP contribution >= 0.6 is 23.2 Å². The number of rotatable bonds is 4. The maximum atomic E-state index is 12.2. The first-order valence-electron chi connectivity index (χ1n) is 5.60. The second kappa shape index (κ2) is 6.01. The highest BCUT2D eigenvalue weighted by Gasteiger charge is 2.16. The zero-order valence-corrected chi connectivity index (χ0v) is 12.5. The molecule has 2 N–H and O–H groups in total. The van der Waals surface area contributed by atoms with E-state index in [1.165, 1.54) is 18.2 Å². The summed E-state index contributed by atoms with van der Waals surface area (Å²) in [5.41, 5.74) is 0.750. The summed E-state index contributed by atoms with van der Waals surface area (Å²) in [7, 11) is -3.78. The monoisotopic (exact) mass is 331 g/mol. The molecule has 0 radical (unpaired) electrons. The van der Waals surface area contributed by atoms with Crippen molar-refractivity contribution in [2.45, 2.75) is 11.5 Å². The molecule has 0 unspecified atom stereocenters. The zero-order chi connectivity index (χ0) is 14.8. The van der Waals surface area contributed by atoms with Crippen LogP contribution in [-0.4, -0.2) is 13.5 Å². The highest BCUT2D eigenvalue weighted by atomic mass is 35.5. The lowest BCUT2D eigenvalue weighted by Crippen LogP contribution is -2.13. The summed E-state index contributed by atoms with van der Waals surface area (Å²) in [4.78, 5) is -0.000352. The molecule has 0 saturated carbocycles. The van der Waals surface area contributed by atoms with Gasteiger partial charge in [-0.05, 0) is 29.8 Å².